The fourth-order valence-corrected chi connectivity index (χ4v) is 4.15. The molecule has 0 bridgehead atoms. The van der Waals surface area contributed by atoms with Crippen LogP contribution >= 0.6 is 24.0 Å². The molecule has 3 aromatic rings. The van der Waals surface area contributed by atoms with Gasteiger partial charge in [0.15, 0.2) is 0 Å². The van der Waals surface area contributed by atoms with Crippen molar-refractivity contribution >= 4 is 62.9 Å². The molecular weight excluding hydrogens is 408 g/mol. The summed E-state index contributed by atoms with van der Waals surface area (Å²) >= 11 is 6.54. The van der Waals surface area contributed by atoms with Gasteiger partial charge in [0.1, 0.15) is 10.1 Å². The van der Waals surface area contributed by atoms with Gasteiger partial charge in [-0.3, -0.25) is 24.5 Å². The molecule has 0 radical (unpaired) electrons. The second kappa shape index (κ2) is 8.54. The van der Waals surface area contributed by atoms with Crippen molar-refractivity contribution < 1.29 is 14.0 Å². The molecule has 1 aromatic carbocycles. The Bertz CT molecular complexity index is 1110. The van der Waals surface area contributed by atoms with Crippen molar-refractivity contribution in [2.45, 2.75) is 12.8 Å². The molecule has 7 nitrogen and oxygen atoms in total. The van der Waals surface area contributed by atoms with Crippen LogP contribution < -0.4 is 5.32 Å². The van der Waals surface area contributed by atoms with Gasteiger partial charge < -0.3 is 9.73 Å². The van der Waals surface area contributed by atoms with E-state index < -0.39 is 0 Å². The summed E-state index contributed by atoms with van der Waals surface area (Å²) in [6.45, 7) is 0.386. The van der Waals surface area contributed by atoms with Crippen LogP contribution in [-0.2, 0) is 9.59 Å². The second-order valence-corrected chi connectivity index (χ2v) is 7.94. The Labute approximate surface area is 176 Å². The minimum atomic E-state index is -0.162. The van der Waals surface area contributed by atoms with Crippen molar-refractivity contribution in [2.24, 2.45) is 0 Å². The average Bonchev–Trinajstić information content (AvgIpc) is 3.31. The van der Waals surface area contributed by atoms with Crippen LogP contribution in [0.15, 0.2) is 58.3 Å². The first kappa shape index (κ1) is 19.3. The fraction of sp³-hybridized carbons (Fsp3) is 0.150. The van der Waals surface area contributed by atoms with E-state index in [0.717, 1.165) is 5.52 Å². The van der Waals surface area contributed by atoms with Gasteiger partial charge in [-0.1, -0.05) is 24.0 Å². The van der Waals surface area contributed by atoms with E-state index in [0.29, 0.717) is 39.2 Å². The van der Waals surface area contributed by atoms with Crippen molar-refractivity contribution in [3.05, 3.63) is 59.7 Å². The van der Waals surface area contributed by atoms with Gasteiger partial charge in [0.05, 0.1) is 22.2 Å². The predicted molar refractivity (Wildman–Crippen MR) is 116 cm³/mol. The van der Waals surface area contributed by atoms with Crippen LogP contribution in [-0.4, -0.2) is 37.5 Å². The number of hydrogen-bond acceptors (Lipinski definition) is 7. The number of hydrogen-bond donors (Lipinski definition) is 1. The summed E-state index contributed by atoms with van der Waals surface area (Å²) in [4.78, 5) is 35.2. The number of thioether (sulfide) groups is 1. The number of nitrogens with zero attached hydrogens (tertiary/aromatic N) is 3. The van der Waals surface area contributed by atoms with Gasteiger partial charge in [0.2, 0.25) is 5.91 Å². The molecule has 4 rings (SSSR count). The van der Waals surface area contributed by atoms with E-state index in [1.165, 1.54) is 16.7 Å². The number of anilines is 1. The van der Waals surface area contributed by atoms with Crippen LogP contribution in [0.1, 0.15) is 18.6 Å². The Morgan fingerprint density at radius 3 is 2.86 bits per heavy atom. The minimum absolute atomic E-state index is 0.134. The summed E-state index contributed by atoms with van der Waals surface area (Å²) in [6, 6.07) is 8.91. The Hall–Kier alpha value is -3.04. The van der Waals surface area contributed by atoms with Crippen LogP contribution in [0.25, 0.3) is 17.1 Å². The van der Waals surface area contributed by atoms with Crippen molar-refractivity contribution in [2.75, 3.05) is 11.9 Å². The number of thiocarbonyl (C=S) groups is 1. The van der Waals surface area contributed by atoms with Crippen LogP contribution in [0, 0.1) is 0 Å². The van der Waals surface area contributed by atoms with Crippen LogP contribution in [0.4, 0.5) is 5.69 Å². The Kier molecular flexibility index (Phi) is 5.68. The normalized spacial score (nSPS) is 15.4. The highest BCUT2D eigenvalue weighted by molar-refractivity contribution is 8.26. The summed E-state index contributed by atoms with van der Waals surface area (Å²) in [5.74, 6) is 0.305. The van der Waals surface area contributed by atoms with Crippen molar-refractivity contribution in [1.82, 2.24) is 14.9 Å². The summed E-state index contributed by atoms with van der Waals surface area (Å²) in [5.41, 5.74) is 2.14. The zero-order valence-electron chi connectivity index (χ0n) is 15.2. The first-order valence-corrected chi connectivity index (χ1v) is 10.1. The molecule has 9 heteroatoms. The summed E-state index contributed by atoms with van der Waals surface area (Å²) < 4.78 is 5.73. The third-order valence-electron chi connectivity index (χ3n) is 4.23. The molecule has 0 atom stereocenters. The monoisotopic (exact) mass is 424 g/mol. The molecule has 1 N–H and O–H groups in total. The molecule has 1 saturated heterocycles. The smallest absolute Gasteiger partial charge is 0.266 e. The molecular formula is C20H16N4O3S2. The van der Waals surface area contributed by atoms with Gasteiger partial charge in [0, 0.05) is 37.1 Å². The van der Waals surface area contributed by atoms with Crippen LogP contribution in [0.2, 0.25) is 0 Å². The molecule has 3 heterocycles. The van der Waals surface area contributed by atoms with E-state index in [1.807, 2.05) is 6.07 Å². The number of amides is 2. The van der Waals surface area contributed by atoms with Gasteiger partial charge >= 0.3 is 0 Å². The number of benzene rings is 1. The molecule has 0 aliphatic carbocycles. The quantitative estimate of drug-likeness (QED) is 0.475. The lowest BCUT2D eigenvalue weighted by atomic mass is 10.2. The lowest BCUT2D eigenvalue weighted by Gasteiger charge is -2.14. The topological polar surface area (TPSA) is 88.3 Å². The highest BCUT2D eigenvalue weighted by atomic mass is 32.2. The maximum Gasteiger partial charge on any atom is 0.266 e. The minimum Gasteiger partial charge on any atom is -0.465 e. The molecule has 29 heavy (non-hydrogen) atoms. The highest BCUT2D eigenvalue weighted by Gasteiger charge is 2.31. The fourth-order valence-electron chi connectivity index (χ4n) is 2.86. The average molecular weight is 425 g/mol. The Morgan fingerprint density at radius 1 is 1.24 bits per heavy atom. The lowest BCUT2D eigenvalue weighted by Crippen LogP contribution is -2.29. The molecule has 1 fully saturated rings. The van der Waals surface area contributed by atoms with Crippen molar-refractivity contribution in [3.63, 3.8) is 0 Å². The van der Waals surface area contributed by atoms with Gasteiger partial charge in [-0.15, -0.1) is 0 Å². The van der Waals surface area contributed by atoms with E-state index in [-0.39, 0.29) is 18.2 Å². The maximum absolute atomic E-state index is 12.5. The molecule has 0 spiro atoms. The number of fused-ring (bicyclic) bond motifs is 1. The number of aromatic nitrogens is 2. The Balaban J connectivity index is 1.30. The third kappa shape index (κ3) is 4.52. The molecule has 2 aromatic heterocycles. The molecule has 1 aliphatic rings. The lowest BCUT2D eigenvalue weighted by molar-refractivity contribution is -0.122. The van der Waals surface area contributed by atoms with Crippen molar-refractivity contribution in [3.8, 4) is 0 Å². The zero-order chi connectivity index (χ0) is 20.2. The summed E-state index contributed by atoms with van der Waals surface area (Å²) in [7, 11) is 0. The Morgan fingerprint density at radius 2 is 2.07 bits per heavy atom. The van der Waals surface area contributed by atoms with Crippen LogP contribution in [0.5, 0.6) is 0 Å². The van der Waals surface area contributed by atoms with E-state index in [1.54, 1.807) is 49.0 Å². The number of rotatable bonds is 6. The first-order chi connectivity index (χ1) is 14.1. The van der Waals surface area contributed by atoms with Gasteiger partial charge in [-0.05, 0) is 36.8 Å². The summed E-state index contributed by atoms with van der Waals surface area (Å²) in [6.07, 6.45) is 7.23. The molecule has 0 unspecified atom stereocenters. The predicted octanol–water partition coefficient (Wildman–Crippen LogP) is 3.84. The molecule has 0 saturated carbocycles. The maximum atomic E-state index is 12.5. The SMILES string of the molecule is O=C(CCCN1C(=O)/C(=C/c2ccco2)SC1=S)Nc1ccc2nccnc2c1. The number of nitrogens with one attached hydrogen (secondary N) is 1. The second-order valence-electron chi connectivity index (χ2n) is 6.26. The van der Waals surface area contributed by atoms with Gasteiger partial charge in [-0.25, -0.2) is 0 Å². The zero-order valence-corrected chi connectivity index (χ0v) is 16.8. The van der Waals surface area contributed by atoms with Crippen LogP contribution in [0.3, 0.4) is 0 Å². The van der Waals surface area contributed by atoms with Gasteiger partial charge in [0.25, 0.3) is 5.91 Å². The van der Waals surface area contributed by atoms with Crippen molar-refractivity contribution in [1.29, 1.82) is 0 Å². The number of carbonyl (C=O) groups is 2. The summed E-state index contributed by atoms with van der Waals surface area (Å²) in [5, 5.41) is 2.85. The standard InChI is InChI=1S/C20H16N4O3S2/c25-18(23-13-5-6-15-16(11-13)22-8-7-21-15)4-1-9-24-19(26)17(29-20(24)28)12-14-3-2-10-27-14/h2-3,5-8,10-12H,1,4,9H2,(H,23,25)/b17-12-. The number of furan rings is 1. The van der Waals surface area contributed by atoms with Gasteiger partial charge in [-0.2, -0.15) is 0 Å². The van der Waals surface area contributed by atoms with E-state index >= 15 is 0 Å². The van der Waals surface area contributed by atoms with E-state index in [9.17, 15) is 9.59 Å². The highest BCUT2D eigenvalue weighted by Crippen LogP contribution is 2.32. The van der Waals surface area contributed by atoms with E-state index in [4.69, 9.17) is 16.6 Å². The largest absolute Gasteiger partial charge is 0.465 e. The van der Waals surface area contributed by atoms with E-state index in [2.05, 4.69) is 15.3 Å². The third-order valence-corrected chi connectivity index (χ3v) is 5.61. The number of carbonyl (C=O) groups excluding carboxylic acids is 2. The molecule has 1 aliphatic heterocycles. The molecule has 2 amide bonds. The molecule has 146 valence electrons. The first-order valence-electron chi connectivity index (χ1n) is 8.90.